The molecule has 0 saturated carbocycles. The SMILES string of the molecule is CC(=O)c1ccc(OCc2nc(C)c(C)s2)c(Cl)c1. The normalized spacial score (nSPS) is 10.5. The van der Waals surface area contributed by atoms with Crippen molar-refractivity contribution in [3.8, 4) is 5.75 Å². The van der Waals surface area contributed by atoms with Crippen LogP contribution in [0.3, 0.4) is 0 Å². The lowest BCUT2D eigenvalue weighted by atomic mass is 10.1. The van der Waals surface area contributed by atoms with E-state index in [2.05, 4.69) is 4.98 Å². The van der Waals surface area contributed by atoms with Gasteiger partial charge in [-0.05, 0) is 39.0 Å². The van der Waals surface area contributed by atoms with Gasteiger partial charge in [-0.25, -0.2) is 4.98 Å². The number of carbonyl (C=O) groups excluding carboxylic acids is 1. The summed E-state index contributed by atoms with van der Waals surface area (Å²) in [5.41, 5.74) is 1.61. The zero-order chi connectivity index (χ0) is 14.0. The standard InChI is InChI=1S/C14H14ClNO2S/c1-8-10(3)19-14(16-8)7-18-13-5-4-11(9(2)17)6-12(13)15/h4-6H,7H2,1-3H3. The monoisotopic (exact) mass is 295 g/mol. The molecule has 100 valence electrons. The van der Waals surface area contributed by atoms with E-state index in [1.807, 2.05) is 13.8 Å². The van der Waals surface area contributed by atoms with Gasteiger partial charge in [0.1, 0.15) is 17.4 Å². The van der Waals surface area contributed by atoms with Crippen LogP contribution in [0.5, 0.6) is 5.75 Å². The Morgan fingerprint density at radius 1 is 1.42 bits per heavy atom. The second-order valence-electron chi connectivity index (χ2n) is 4.24. The summed E-state index contributed by atoms with van der Waals surface area (Å²) >= 11 is 7.70. The molecule has 5 heteroatoms. The van der Waals surface area contributed by atoms with Gasteiger partial charge in [-0.15, -0.1) is 11.3 Å². The van der Waals surface area contributed by atoms with E-state index in [4.69, 9.17) is 16.3 Å². The fourth-order valence-corrected chi connectivity index (χ4v) is 2.66. The van der Waals surface area contributed by atoms with E-state index in [9.17, 15) is 4.79 Å². The van der Waals surface area contributed by atoms with Gasteiger partial charge in [-0.3, -0.25) is 4.79 Å². The predicted molar refractivity (Wildman–Crippen MR) is 77.4 cm³/mol. The third-order valence-electron chi connectivity index (χ3n) is 2.76. The fourth-order valence-electron chi connectivity index (χ4n) is 1.58. The first kappa shape index (κ1) is 14.0. The van der Waals surface area contributed by atoms with Crippen LogP contribution in [0.1, 0.15) is 32.9 Å². The van der Waals surface area contributed by atoms with Crippen molar-refractivity contribution in [3.63, 3.8) is 0 Å². The highest BCUT2D eigenvalue weighted by atomic mass is 35.5. The number of nitrogens with zero attached hydrogens (tertiary/aromatic N) is 1. The number of rotatable bonds is 4. The second-order valence-corrected chi connectivity index (χ2v) is 5.93. The van der Waals surface area contributed by atoms with Crippen molar-refractivity contribution in [2.45, 2.75) is 27.4 Å². The summed E-state index contributed by atoms with van der Waals surface area (Å²) in [4.78, 5) is 16.8. The zero-order valence-corrected chi connectivity index (χ0v) is 12.6. The Bertz CT molecular complexity index is 602. The molecule has 0 aliphatic heterocycles. The lowest BCUT2D eigenvalue weighted by molar-refractivity contribution is 0.101. The Balaban J connectivity index is 2.09. The summed E-state index contributed by atoms with van der Waals surface area (Å²) < 4.78 is 5.63. The Labute approximate surface area is 121 Å². The van der Waals surface area contributed by atoms with Crippen LogP contribution >= 0.6 is 22.9 Å². The van der Waals surface area contributed by atoms with Crippen molar-refractivity contribution in [2.75, 3.05) is 0 Å². The van der Waals surface area contributed by atoms with Crippen LogP contribution < -0.4 is 4.74 Å². The van der Waals surface area contributed by atoms with E-state index >= 15 is 0 Å². The quantitative estimate of drug-likeness (QED) is 0.794. The van der Waals surface area contributed by atoms with E-state index in [1.165, 1.54) is 11.8 Å². The minimum atomic E-state index is -0.0142. The molecule has 0 saturated heterocycles. The molecule has 0 unspecified atom stereocenters. The minimum absolute atomic E-state index is 0.0142. The van der Waals surface area contributed by atoms with Crippen LogP contribution in [-0.4, -0.2) is 10.8 Å². The lowest BCUT2D eigenvalue weighted by Crippen LogP contribution is -1.97. The Hall–Kier alpha value is -1.39. The summed E-state index contributed by atoms with van der Waals surface area (Å²) in [6.45, 7) is 5.90. The van der Waals surface area contributed by atoms with Crippen molar-refractivity contribution in [1.29, 1.82) is 0 Å². The van der Waals surface area contributed by atoms with Crippen molar-refractivity contribution in [3.05, 3.63) is 44.4 Å². The molecular formula is C14H14ClNO2S. The van der Waals surface area contributed by atoms with Gasteiger partial charge in [0, 0.05) is 10.4 Å². The van der Waals surface area contributed by atoms with Crippen molar-refractivity contribution < 1.29 is 9.53 Å². The van der Waals surface area contributed by atoms with Crippen LogP contribution in [0, 0.1) is 13.8 Å². The van der Waals surface area contributed by atoms with Gasteiger partial charge >= 0.3 is 0 Å². The predicted octanol–water partition coefficient (Wildman–Crippen LogP) is 4.19. The molecule has 1 aromatic heterocycles. The van der Waals surface area contributed by atoms with Gasteiger partial charge in [-0.2, -0.15) is 0 Å². The molecular weight excluding hydrogens is 282 g/mol. The molecule has 0 spiro atoms. The largest absolute Gasteiger partial charge is 0.485 e. The average Bonchev–Trinajstić information content (AvgIpc) is 2.67. The number of carbonyl (C=O) groups is 1. The molecule has 0 N–H and O–H groups in total. The zero-order valence-electron chi connectivity index (χ0n) is 11.0. The minimum Gasteiger partial charge on any atom is -0.485 e. The molecule has 0 bridgehead atoms. The maximum Gasteiger partial charge on any atom is 0.159 e. The fraction of sp³-hybridized carbons (Fsp3) is 0.286. The molecule has 1 aromatic carbocycles. The number of halogens is 1. The van der Waals surface area contributed by atoms with Gasteiger partial charge in [-0.1, -0.05) is 11.6 Å². The number of benzene rings is 1. The summed E-state index contributed by atoms with van der Waals surface area (Å²) in [5.74, 6) is 0.553. The van der Waals surface area contributed by atoms with E-state index in [1.54, 1.807) is 29.5 Å². The van der Waals surface area contributed by atoms with Gasteiger partial charge < -0.3 is 4.74 Å². The van der Waals surface area contributed by atoms with E-state index in [0.29, 0.717) is 22.9 Å². The van der Waals surface area contributed by atoms with E-state index in [0.717, 1.165) is 10.7 Å². The third-order valence-corrected chi connectivity index (χ3v) is 4.10. The van der Waals surface area contributed by atoms with Crippen molar-refractivity contribution in [2.24, 2.45) is 0 Å². The topological polar surface area (TPSA) is 39.2 Å². The first-order valence-corrected chi connectivity index (χ1v) is 7.03. The molecule has 1 heterocycles. The van der Waals surface area contributed by atoms with Gasteiger partial charge in [0.25, 0.3) is 0 Å². The number of Topliss-reactive ketones (excluding diaryl/α,β-unsaturated/α-hetero) is 1. The maximum atomic E-state index is 11.2. The Morgan fingerprint density at radius 2 is 2.16 bits per heavy atom. The van der Waals surface area contributed by atoms with Gasteiger partial charge in [0.2, 0.25) is 0 Å². The molecule has 0 radical (unpaired) electrons. The highest BCUT2D eigenvalue weighted by Gasteiger charge is 2.08. The maximum absolute atomic E-state index is 11.2. The van der Waals surface area contributed by atoms with Crippen molar-refractivity contribution >= 4 is 28.7 Å². The first-order chi connectivity index (χ1) is 8.97. The molecule has 2 rings (SSSR count). The molecule has 2 aromatic rings. The highest BCUT2D eigenvalue weighted by molar-refractivity contribution is 7.11. The van der Waals surface area contributed by atoms with Crippen molar-refractivity contribution in [1.82, 2.24) is 4.98 Å². The Kier molecular flexibility index (Phi) is 4.22. The molecule has 19 heavy (non-hydrogen) atoms. The molecule has 3 nitrogen and oxygen atoms in total. The summed E-state index contributed by atoms with van der Waals surface area (Å²) in [5, 5.41) is 1.36. The van der Waals surface area contributed by atoms with Crippen LogP contribution in [0.4, 0.5) is 0 Å². The summed E-state index contributed by atoms with van der Waals surface area (Å²) in [7, 11) is 0. The summed E-state index contributed by atoms with van der Waals surface area (Å²) in [6, 6.07) is 5.05. The average molecular weight is 296 g/mol. The lowest BCUT2D eigenvalue weighted by Gasteiger charge is -2.07. The third kappa shape index (κ3) is 3.33. The number of ether oxygens (including phenoxy) is 1. The van der Waals surface area contributed by atoms with Crippen LogP contribution in [0.25, 0.3) is 0 Å². The number of ketones is 1. The Morgan fingerprint density at radius 3 is 2.68 bits per heavy atom. The highest BCUT2D eigenvalue weighted by Crippen LogP contribution is 2.27. The van der Waals surface area contributed by atoms with Crippen LogP contribution in [0.2, 0.25) is 5.02 Å². The van der Waals surface area contributed by atoms with Crippen LogP contribution in [0.15, 0.2) is 18.2 Å². The second kappa shape index (κ2) is 5.72. The molecule has 0 aliphatic carbocycles. The number of thiazole rings is 1. The number of hydrogen-bond acceptors (Lipinski definition) is 4. The smallest absolute Gasteiger partial charge is 0.159 e. The molecule has 0 fully saturated rings. The van der Waals surface area contributed by atoms with Gasteiger partial charge in [0.15, 0.2) is 5.78 Å². The molecule has 0 aliphatic rings. The molecule has 0 amide bonds. The first-order valence-electron chi connectivity index (χ1n) is 5.83. The number of hydrogen-bond donors (Lipinski definition) is 0. The van der Waals surface area contributed by atoms with E-state index < -0.39 is 0 Å². The molecule has 0 atom stereocenters. The van der Waals surface area contributed by atoms with Crippen LogP contribution in [-0.2, 0) is 6.61 Å². The number of aromatic nitrogens is 1. The van der Waals surface area contributed by atoms with E-state index in [-0.39, 0.29) is 5.78 Å². The van der Waals surface area contributed by atoms with Gasteiger partial charge in [0.05, 0.1) is 10.7 Å². The summed E-state index contributed by atoms with van der Waals surface area (Å²) in [6.07, 6.45) is 0. The number of aryl methyl sites for hydroxylation is 2.